The van der Waals surface area contributed by atoms with Gasteiger partial charge in [0.15, 0.2) is 5.79 Å². The van der Waals surface area contributed by atoms with Crippen molar-refractivity contribution in [2.45, 2.75) is 18.6 Å². The highest BCUT2D eigenvalue weighted by molar-refractivity contribution is 7.92. The Hall–Kier alpha value is -1.73. The van der Waals surface area contributed by atoms with Gasteiger partial charge in [0.25, 0.3) is 0 Å². The van der Waals surface area contributed by atoms with E-state index >= 15 is 0 Å². The molecule has 0 saturated heterocycles. The minimum Gasteiger partial charge on any atom is -0.295 e. The number of sulfonamides is 1. The van der Waals surface area contributed by atoms with Gasteiger partial charge in [-0.15, -0.1) is 0 Å². The minimum absolute atomic E-state index is 0.150. The summed E-state index contributed by atoms with van der Waals surface area (Å²) < 4.78 is 52.3. The molecular formula is C14H16F2N2O2S. The summed E-state index contributed by atoms with van der Waals surface area (Å²) >= 11 is 0. The largest absolute Gasteiger partial charge is 0.295 e. The number of alkyl halides is 1. The van der Waals surface area contributed by atoms with E-state index in [4.69, 9.17) is 5.73 Å². The molecule has 1 aromatic rings. The first-order valence-corrected chi connectivity index (χ1v) is 8.16. The van der Waals surface area contributed by atoms with Crippen LogP contribution in [-0.4, -0.2) is 20.5 Å². The molecule has 0 aliphatic heterocycles. The van der Waals surface area contributed by atoms with Crippen molar-refractivity contribution in [1.29, 1.82) is 0 Å². The lowest BCUT2D eigenvalue weighted by Gasteiger charge is -2.21. The number of anilines is 1. The number of benzene rings is 1. The van der Waals surface area contributed by atoms with Crippen molar-refractivity contribution in [3.8, 4) is 0 Å². The molecule has 0 heterocycles. The Kier molecular flexibility index (Phi) is 4.15. The Morgan fingerprint density at radius 2 is 2.05 bits per heavy atom. The summed E-state index contributed by atoms with van der Waals surface area (Å²) in [5, 5.41) is 0. The summed E-state index contributed by atoms with van der Waals surface area (Å²) in [4.78, 5) is 0. The second-order valence-electron chi connectivity index (χ2n) is 5.08. The van der Waals surface area contributed by atoms with Crippen molar-refractivity contribution in [2.75, 3.05) is 11.0 Å². The van der Waals surface area contributed by atoms with Crippen LogP contribution >= 0.6 is 0 Å². The molecule has 0 fully saturated rings. The molecule has 114 valence electrons. The number of rotatable bonds is 4. The van der Waals surface area contributed by atoms with Crippen LogP contribution < -0.4 is 10.5 Å². The van der Waals surface area contributed by atoms with Crippen molar-refractivity contribution in [3.05, 3.63) is 53.4 Å². The van der Waals surface area contributed by atoms with Crippen LogP contribution in [0.25, 0.3) is 0 Å². The maximum Gasteiger partial charge on any atom is 0.229 e. The molecule has 0 aromatic heterocycles. The third-order valence-electron chi connectivity index (χ3n) is 3.03. The maximum atomic E-state index is 13.9. The molecule has 1 aliphatic carbocycles. The van der Waals surface area contributed by atoms with Crippen LogP contribution in [0, 0.1) is 0 Å². The fourth-order valence-corrected chi connectivity index (χ4v) is 2.67. The highest BCUT2D eigenvalue weighted by Gasteiger charge is 2.27. The van der Waals surface area contributed by atoms with Gasteiger partial charge in [-0.1, -0.05) is 24.3 Å². The van der Waals surface area contributed by atoms with Gasteiger partial charge in [-0.2, -0.15) is 0 Å². The Labute approximate surface area is 122 Å². The zero-order chi connectivity index (χ0) is 15.7. The van der Waals surface area contributed by atoms with E-state index in [1.54, 1.807) is 24.3 Å². The Balaban J connectivity index is 2.27. The van der Waals surface area contributed by atoms with Gasteiger partial charge in [-0.25, -0.2) is 17.2 Å². The van der Waals surface area contributed by atoms with Gasteiger partial charge in [-0.05, 0) is 23.3 Å². The number of hydrogen-bond donors (Lipinski definition) is 2. The lowest BCUT2D eigenvalue weighted by atomic mass is 9.95. The van der Waals surface area contributed by atoms with Gasteiger partial charge in [0, 0.05) is 6.42 Å². The minimum atomic E-state index is -3.43. The van der Waals surface area contributed by atoms with Crippen molar-refractivity contribution >= 4 is 15.7 Å². The second kappa shape index (κ2) is 5.57. The normalized spacial score (nSPS) is 22.5. The number of nitrogens with two attached hydrogens (primary N) is 1. The van der Waals surface area contributed by atoms with E-state index in [0.29, 0.717) is 11.3 Å². The summed E-state index contributed by atoms with van der Waals surface area (Å²) in [5.74, 6) is -2.80. The smallest absolute Gasteiger partial charge is 0.229 e. The predicted molar refractivity (Wildman–Crippen MR) is 78.5 cm³/mol. The summed E-state index contributed by atoms with van der Waals surface area (Å²) in [6, 6.07) is 6.66. The average molecular weight is 314 g/mol. The van der Waals surface area contributed by atoms with Crippen LogP contribution in [0.5, 0.6) is 0 Å². The van der Waals surface area contributed by atoms with E-state index in [2.05, 4.69) is 4.72 Å². The quantitative estimate of drug-likeness (QED) is 0.838. The molecule has 1 unspecified atom stereocenters. The molecule has 21 heavy (non-hydrogen) atoms. The molecule has 2 rings (SSSR count). The second-order valence-corrected chi connectivity index (χ2v) is 6.82. The molecular weight excluding hydrogens is 298 g/mol. The van der Waals surface area contributed by atoms with E-state index < -0.39 is 28.1 Å². The molecule has 1 atom stereocenters. The molecule has 4 nitrogen and oxygen atoms in total. The number of para-hydroxylation sites is 1. The monoisotopic (exact) mass is 314 g/mol. The molecule has 0 radical (unpaired) electrons. The van der Waals surface area contributed by atoms with Crippen molar-refractivity contribution in [3.63, 3.8) is 0 Å². The van der Waals surface area contributed by atoms with E-state index in [1.165, 1.54) is 6.08 Å². The standard InChI is InChI=1S/C14H16F2N2O2S/c1-21(19,20)18-13-5-3-2-4-11(13)8-10-6-7-14(16,17)9-12(10)15/h2-7,18H,8-9,17H2,1H3. The van der Waals surface area contributed by atoms with Crippen LogP contribution in [-0.2, 0) is 16.4 Å². The molecule has 0 saturated carbocycles. The number of hydrogen-bond acceptors (Lipinski definition) is 3. The first kappa shape index (κ1) is 15.7. The maximum absolute atomic E-state index is 13.9. The fourth-order valence-electron chi connectivity index (χ4n) is 2.07. The van der Waals surface area contributed by atoms with E-state index in [1.807, 2.05) is 0 Å². The van der Waals surface area contributed by atoms with Gasteiger partial charge >= 0.3 is 0 Å². The molecule has 3 N–H and O–H groups in total. The van der Waals surface area contributed by atoms with Gasteiger partial charge in [0.1, 0.15) is 5.83 Å². The summed E-state index contributed by atoms with van der Waals surface area (Å²) in [5.41, 5.74) is 6.48. The van der Waals surface area contributed by atoms with Crippen LogP contribution in [0.4, 0.5) is 14.5 Å². The third-order valence-corrected chi connectivity index (χ3v) is 3.62. The Bertz CT molecular complexity index is 709. The SMILES string of the molecule is CS(=O)(=O)Nc1ccccc1CC1=C(F)CC(N)(F)C=C1. The summed E-state index contributed by atoms with van der Waals surface area (Å²) in [7, 11) is -3.43. The predicted octanol–water partition coefficient (Wildman–Crippen LogP) is 2.41. The lowest BCUT2D eigenvalue weighted by Crippen LogP contribution is -2.33. The van der Waals surface area contributed by atoms with Gasteiger partial charge < -0.3 is 0 Å². The fraction of sp³-hybridized carbons (Fsp3) is 0.286. The number of halogens is 2. The van der Waals surface area contributed by atoms with E-state index in [9.17, 15) is 17.2 Å². The van der Waals surface area contributed by atoms with Crippen molar-refractivity contribution < 1.29 is 17.2 Å². The Morgan fingerprint density at radius 3 is 2.67 bits per heavy atom. The summed E-state index contributed by atoms with van der Waals surface area (Å²) in [6.45, 7) is 0. The molecule has 0 spiro atoms. The van der Waals surface area contributed by atoms with Crippen LogP contribution in [0.3, 0.4) is 0 Å². The van der Waals surface area contributed by atoms with E-state index in [-0.39, 0.29) is 12.0 Å². The average Bonchev–Trinajstić information content (AvgIpc) is 2.32. The van der Waals surface area contributed by atoms with Crippen molar-refractivity contribution in [1.82, 2.24) is 0 Å². The van der Waals surface area contributed by atoms with Crippen LogP contribution in [0.2, 0.25) is 0 Å². The first-order valence-electron chi connectivity index (χ1n) is 6.26. The highest BCUT2D eigenvalue weighted by Crippen LogP contribution is 2.30. The number of allylic oxidation sites excluding steroid dienone is 2. The lowest BCUT2D eigenvalue weighted by molar-refractivity contribution is 0.221. The third kappa shape index (κ3) is 4.37. The topological polar surface area (TPSA) is 72.2 Å². The van der Waals surface area contributed by atoms with E-state index in [0.717, 1.165) is 12.3 Å². The molecule has 0 amide bonds. The van der Waals surface area contributed by atoms with Gasteiger partial charge in [0.2, 0.25) is 10.0 Å². The number of nitrogens with one attached hydrogen (secondary N) is 1. The zero-order valence-electron chi connectivity index (χ0n) is 11.4. The van der Waals surface area contributed by atoms with Crippen LogP contribution in [0.15, 0.2) is 47.8 Å². The van der Waals surface area contributed by atoms with Crippen molar-refractivity contribution in [2.24, 2.45) is 5.73 Å². The van der Waals surface area contributed by atoms with Crippen LogP contribution in [0.1, 0.15) is 12.0 Å². The molecule has 1 aliphatic rings. The molecule has 7 heteroatoms. The van der Waals surface area contributed by atoms with Gasteiger partial charge in [-0.3, -0.25) is 10.5 Å². The highest BCUT2D eigenvalue weighted by atomic mass is 32.2. The molecule has 1 aromatic carbocycles. The Morgan fingerprint density at radius 1 is 1.38 bits per heavy atom. The molecule has 0 bridgehead atoms. The first-order chi connectivity index (χ1) is 9.66. The zero-order valence-corrected chi connectivity index (χ0v) is 12.3. The van der Waals surface area contributed by atoms with Gasteiger partial charge in [0.05, 0.1) is 18.4 Å². The summed E-state index contributed by atoms with van der Waals surface area (Å²) in [6.07, 6.45) is 3.09.